The minimum atomic E-state index is 0.742. The molecular formula is C12H14ClN3. The summed E-state index contributed by atoms with van der Waals surface area (Å²) in [7, 11) is 0. The molecule has 4 heteroatoms. The predicted octanol–water partition coefficient (Wildman–Crippen LogP) is 2.51. The summed E-state index contributed by atoms with van der Waals surface area (Å²) < 4.78 is 0. The lowest BCUT2D eigenvalue weighted by atomic mass is 10.1. The van der Waals surface area contributed by atoms with Crippen LogP contribution < -0.4 is 5.32 Å². The van der Waals surface area contributed by atoms with E-state index in [0.717, 1.165) is 34.9 Å². The second-order valence-corrected chi connectivity index (χ2v) is 4.75. The third-order valence-corrected chi connectivity index (χ3v) is 3.37. The van der Waals surface area contributed by atoms with Crippen molar-refractivity contribution in [1.82, 2.24) is 15.5 Å². The Morgan fingerprint density at radius 1 is 1.44 bits per heavy atom. The molecule has 2 N–H and O–H groups in total. The zero-order valence-corrected chi connectivity index (χ0v) is 9.72. The van der Waals surface area contributed by atoms with E-state index in [1.807, 2.05) is 12.3 Å². The Hall–Kier alpha value is -1.06. The van der Waals surface area contributed by atoms with Crippen molar-refractivity contribution in [3.63, 3.8) is 0 Å². The van der Waals surface area contributed by atoms with E-state index in [1.165, 1.54) is 18.4 Å². The van der Waals surface area contributed by atoms with Gasteiger partial charge in [0.05, 0.1) is 16.7 Å². The van der Waals surface area contributed by atoms with Crippen LogP contribution in [0.2, 0.25) is 5.02 Å². The van der Waals surface area contributed by atoms with Gasteiger partial charge in [-0.1, -0.05) is 17.7 Å². The number of H-pyrrole nitrogens is 1. The minimum Gasteiger partial charge on any atom is -0.314 e. The van der Waals surface area contributed by atoms with E-state index in [-0.39, 0.29) is 0 Å². The molecule has 0 radical (unpaired) electrons. The maximum absolute atomic E-state index is 6.08. The topological polar surface area (TPSA) is 40.7 Å². The van der Waals surface area contributed by atoms with Crippen LogP contribution in [0.4, 0.5) is 0 Å². The summed E-state index contributed by atoms with van der Waals surface area (Å²) in [6.07, 6.45) is 5.56. The molecule has 0 atom stereocenters. The van der Waals surface area contributed by atoms with Crippen LogP contribution in [-0.2, 0) is 6.42 Å². The largest absolute Gasteiger partial charge is 0.314 e. The highest BCUT2D eigenvalue weighted by Crippen LogP contribution is 2.25. The fourth-order valence-corrected chi connectivity index (χ4v) is 2.18. The van der Waals surface area contributed by atoms with Gasteiger partial charge in [-0.05, 0) is 37.4 Å². The highest BCUT2D eigenvalue weighted by Gasteiger charge is 2.19. The monoisotopic (exact) mass is 235 g/mol. The Balaban J connectivity index is 1.79. The Labute approximate surface area is 99.2 Å². The van der Waals surface area contributed by atoms with Crippen LogP contribution in [0.3, 0.4) is 0 Å². The van der Waals surface area contributed by atoms with Crippen molar-refractivity contribution < 1.29 is 0 Å². The average Bonchev–Trinajstić information content (AvgIpc) is 2.95. The second-order valence-electron chi connectivity index (χ2n) is 4.34. The molecule has 1 heterocycles. The molecule has 3 rings (SSSR count). The highest BCUT2D eigenvalue weighted by atomic mass is 35.5. The van der Waals surface area contributed by atoms with Crippen molar-refractivity contribution in [1.29, 1.82) is 0 Å². The lowest BCUT2D eigenvalue weighted by molar-refractivity contribution is 0.683. The van der Waals surface area contributed by atoms with Crippen LogP contribution >= 0.6 is 11.6 Å². The van der Waals surface area contributed by atoms with Gasteiger partial charge >= 0.3 is 0 Å². The summed E-state index contributed by atoms with van der Waals surface area (Å²) in [6, 6.07) is 4.80. The van der Waals surface area contributed by atoms with E-state index < -0.39 is 0 Å². The SMILES string of the molecule is Clc1ccc(CCNC2CC2)c2cn[nH]c12. The van der Waals surface area contributed by atoms with Crippen molar-refractivity contribution in [2.75, 3.05) is 6.54 Å². The number of fused-ring (bicyclic) bond motifs is 1. The quantitative estimate of drug-likeness (QED) is 0.855. The minimum absolute atomic E-state index is 0.742. The van der Waals surface area contributed by atoms with Gasteiger partial charge in [0.25, 0.3) is 0 Å². The molecule has 0 aliphatic heterocycles. The molecule has 1 fully saturated rings. The maximum atomic E-state index is 6.08. The average molecular weight is 236 g/mol. The summed E-state index contributed by atoms with van der Waals surface area (Å²) >= 11 is 6.08. The number of rotatable bonds is 4. The molecule has 84 valence electrons. The Kier molecular flexibility index (Phi) is 2.58. The highest BCUT2D eigenvalue weighted by molar-refractivity contribution is 6.35. The first-order valence-electron chi connectivity index (χ1n) is 5.68. The molecule has 0 unspecified atom stereocenters. The molecule has 0 spiro atoms. The molecule has 1 aliphatic rings. The number of nitrogens with zero attached hydrogens (tertiary/aromatic N) is 1. The van der Waals surface area contributed by atoms with Crippen molar-refractivity contribution in [3.8, 4) is 0 Å². The Morgan fingerprint density at radius 3 is 3.12 bits per heavy atom. The number of nitrogens with one attached hydrogen (secondary N) is 2. The summed E-state index contributed by atoms with van der Waals surface area (Å²) in [6.45, 7) is 1.03. The first kappa shape index (κ1) is 10.1. The third kappa shape index (κ3) is 1.93. The van der Waals surface area contributed by atoms with Crippen LogP contribution in [0.1, 0.15) is 18.4 Å². The molecule has 1 saturated carbocycles. The zero-order valence-electron chi connectivity index (χ0n) is 8.96. The Morgan fingerprint density at radius 2 is 2.31 bits per heavy atom. The second kappa shape index (κ2) is 4.07. The zero-order chi connectivity index (χ0) is 11.0. The van der Waals surface area contributed by atoms with E-state index in [2.05, 4.69) is 21.6 Å². The lowest BCUT2D eigenvalue weighted by Gasteiger charge is -2.05. The first-order chi connectivity index (χ1) is 7.84. The molecule has 0 bridgehead atoms. The smallest absolute Gasteiger partial charge is 0.0839 e. The fourth-order valence-electron chi connectivity index (χ4n) is 1.97. The summed E-state index contributed by atoms with van der Waals surface area (Å²) in [5.41, 5.74) is 2.26. The molecular weight excluding hydrogens is 222 g/mol. The van der Waals surface area contributed by atoms with Gasteiger partial charge in [-0.25, -0.2) is 0 Å². The standard InChI is InChI=1S/C12H14ClN3/c13-11-4-1-8(5-6-14-9-2-3-9)10-7-15-16-12(10)11/h1,4,7,9,14H,2-3,5-6H2,(H,15,16). The number of hydrogen-bond acceptors (Lipinski definition) is 2. The van der Waals surface area contributed by atoms with E-state index in [0.29, 0.717) is 0 Å². The summed E-state index contributed by atoms with van der Waals surface area (Å²) in [5.74, 6) is 0. The predicted molar refractivity (Wildman–Crippen MR) is 65.8 cm³/mol. The van der Waals surface area contributed by atoms with Gasteiger partial charge in [-0.3, -0.25) is 5.10 Å². The van der Waals surface area contributed by atoms with Crippen LogP contribution in [-0.4, -0.2) is 22.8 Å². The van der Waals surface area contributed by atoms with Gasteiger partial charge < -0.3 is 5.32 Å². The van der Waals surface area contributed by atoms with E-state index in [4.69, 9.17) is 11.6 Å². The Bertz CT molecular complexity index is 502. The molecule has 2 aromatic rings. The van der Waals surface area contributed by atoms with Gasteiger partial charge in [0.15, 0.2) is 0 Å². The third-order valence-electron chi connectivity index (χ3n) is 3.06. The molecule has 0 saturated heterocycles. The van der Waals surface area contributed by atoms with Crippen molar-refractivity contribution in [3.05, 3.63) is 28.9 Å². The number of aromatic nitrogens is 2. The van der Waals surface area contributed by atoms with Crippen LogP contribution in [0.5, 0.6) is 0 Å². The number of aromatic amines is 1. The molecule has 1 aromatic carbocycles. The lowest BCUT2D eigenvalue weighted by Crippen LogP contribution is -2.19. The van der Waals surface area contributed by atoms with Gasteiger partial charge in [0.1, 0.15) is 0 Å². The fraction of sp³-hybridized carbons (Fsp3) is 0.417. The van der Waals surface area contributed by atoms with Crippen molar-refractivity contribution >= 4 is 22.5 Å². The number of halogens is 1. The van der Waals surface area contributed by atoms with E-state index in [9.17, 15) is 0 Å². The van der Waals surface area contributed by atoms with E-state index in [1.54, 1.807) is 0 Å². The summed E-state index contributed by atoms with van der Waals surface area (Å²) in [4.78, 5) is 0. The number of benzene rings is 1. The van der Waals surface area contributed by atoms with Crippen molar-refractivity contribution in [2.45, 2.75) is 25.3 Å². The molecule has 16 heavy (non-hydrogen) atoms. The van der Waals surface area contributed by atoms with Gasteiger partial charge in [-0.15, -0.1) is 0 Å². The van der Waals surface area contributed by atoms with Crippen LogP contribution in [0.15, 0.2) is 18.3 Å². The van der Waals surface area contributed by atoms with Crippen LogP contribution in [0.25, 0.3) is 10.9 Å². The maximum Gasteiger partial charge on any atom is 0.0839 e. The first-order valence-corrected chi connectivity index (χ1v) is 6.06. The van der Waals surface area contributed by atoms with Gasteiger partial charge in [-0.2, -0.15) is 5.10 Å². The molecule has 1 aromatic heterocycles. The van der Waals surface area contributed by atoms with Gasteiger partial charge in [0, 0.05) is 11.4 Å². The molecule has 1 aliphatic carbocycles. The van der Waals surface area contributed by atoms with Gasteiger partial charge in [0.2, 0.25) is 0 Å². The molecule has 3 nitrogen and oxygen atoms in total. The van der Waals surface area contributed by atoms with Crippen LogP contribution in [0, 0.1) is 0 Å². The summed E-state index contributed by atoms with van der Waals surface area (Å²) in [5, 5.41) is 12.4. The van der Waals surface area contributed by atoms with E-state index >= 15 is 0 Å². The molecule has 0 amide bonds. The van der Waals surface area contributed by atoms with Crippen molar-refractivity contribution in [2.24, 2.45) is 0 Å². The normalized spacial score (nSPS) is 15.8. The number of hydrogen-bond donors (Lipinski definition) is 2.